The van der Waals surface area contributed by atoms with Crippen LogP contribution in [0, 0.1) is 12.7 Å². The molecule has 1 N–H and O–H groups in total. The Balaban J connectivity index is 1.66. The second-order valence-electron chi connectivity index (χ2n) is 7.01. The summed E-state index contributed by atoms with van der Waals surface area (Å²) in [6, 6.07) is 7.44. The van der Waals surface area contributed by atoms with Gasteiger partial charge in [0, 0.05) is 18.8 Å². The first-order valence-corrected chi connectivity index (χ1v) is 9.40. The molecule has 0 spiro atoms. The van der Waals surface area contributed by atoms with Gasteiger partial charge in [-0.1, -0.05) is 0 Å². The highest BCUT2D eigenvalue weighted by atomic mass is 19.4. The number of halogens is 4. The summed E-state index contributed by atoms with van der Waals surface area (Å²) in [7, 11) is 3.08. The fourth-order valence-electron chi connectivity index (χ4n) is 3.12. The number of imidazole rings is 1. The van der Waals surface area contributed by atoms with Gasteiger partial charge >= 0.3 is 6.18 Å². The van der Waals surface area contributed by atoms with Crippen molar-refractivity contribution in [2.24, 2.45) is 7.05 Å². The molecule has 0 unspecified atom stereocenters. The van der Waals surface area contributed by atoms with E-state index in [0.29, 0.717) is 23.4 Å². The minimum absolute atomic E-state index is 0.0755. The number of rotatable bonds is 5. The van der Waals surface area contributed by atoms with Crippen molar-refractivity contribution in [1.82, 2.24) is 24.3 Å². The van der Waals surface area contributed by atoms with E-state index >= 15 is 0 Å². The van der Waals surface area contributed by atoms with E-state index in [1.807, 2.05) is 23.8 Å². The van der Waals surface area contributed by atoms with Crippen LogP contribution in [0.5, 0.6) is 5.75 Å². The molecule has 2 aromatic heterocycles. The first kappa shape index (κ1) is 21.3. The highest BCUT2D eigenvalue weighted by Gasteiger charge is 2.31. The second-order valence-corrected chi connectivity index (χ2v) is 7.01. The molecule has 166 valence electrons. The van der Waals surface area contributed by atoms with Crippen LogP contribution in [0.4, 0.5) is 29.2 Å². The number of nitrogens with zero attached hydrogens (tertiary/aromatic N) is 5. The van der Waals surface area contributed by atoms with Gasteiger partial charge in [-0.25, -0.2) is 14.1 Å². The van der Waals surface area contributed by atoms with Crippen molar-refractivity contribution in [2.75, 3.05) is 12.4 Å². The first-order chi connectivity index (χ1) is 15.2. The van der Waals surface area contributed by atoms with Crippen LogP contribution in [0.3, 0.4) is 0 Å². The normalized spacial score (nSPS) is 11.6. The number of ether oxygens (including phenoxy) is 1. The van der Waals surface area contributed by atoms with Gasteiger partial charge in [-0.2, -0.15) is 18.2 Å². The zero-order valence-corrected chi connectivity index (χ0v) is 17.3. The zero-order valence-electron chi connectivity index (χ0n) is 17.3. The van der Waals surface area contributed by atoms with E-state index < -0.39 is 17.6 Å². The Morgan fingerprint density at radius 2 is 1.88 bits per heavy atom. The van der Waals surface area contributed by atoms with Crippen molar-refractivity contribution in [3.8, 4) is 22.8 Å². The minimum atomic E-state index is -4.60. The standard InChI is InChI=1S/C21H18F4N6O/c1-12-10-31(11-26-12)17-7-4-13(8-18(17)32-3)19-28-20(30(2)29-19)27-16-9-14(21(23,24)25)5-6-15(16)22/h4-11H,1-3H3,(H,27,28,29). The fraction of sp³-hybridized carbons (Fsp3) is 0.190. The molecule has 0 radical (unpaired) electrons. The van der Waals surface area contributed by atoms with Crippen molar-refractivity contribution in [1.29, 1.82) is 0 Å². The number of hydrogen-bond donors (Lipinski definition) is 1. The maximum atomic E-state index is 14.1. The van der Waals surface area contributed by atoms with E-state index in [4.69, 9.17) is 4.74 Å². The largest absolute Gasteiger partial charge is 0.495 e. The number of aromatic nitrogens is 5. The molecule has 0 amide bonds. The Morgan fingerprint density at radius 3 is 2.53 bits per heavy atom. The SMILES string of the molecule is COc1cc(-c2nc(Nc3cc(C(F)(F)F)ccc3F)n(C)n2)ccc1-n1cnc(C)c1. The van der Waals surface area contributed by atoms with Gasteiger partial charge in [-0.05, 0) is 43.3 Å². The molecular weight excluding hydrogens is 428 g/mol. The lowest BCUT2D eigenvalue weighted by atomic mass is 10.1. The lowest BCUT2D eigenvalue weighted by Crippen LogP contribution is -2.07. The first-order valence-electron chi connectivity index (χ1n) is 9.40. The monoisotopic (exact) mass is 446 g/mol. The molecular formula is C21H18F4N6O. The quantitative estimate of drug-likeness (QED) is 0.442. The zero-order chi connectivity index (χ0) is 23.0. The van der Waals surface area contributed by atoms with Gasteiger partial charge in [0.1, 0.15) is 11.6 Å². The van der Waals surface area contributed by atoms with Gasteiger partial charge in [0.05, 0.1) is 36.1 Å². The van der Waals surface area contributed by atoms with Gasteiger partial charge in [0.2, 0.25) is 5.95 Å². The molecule has 2 aromatic carbocycles. The third-order valence-corrected chi connectivity index (χ3v) is 4.73. The summed E-state index contributed by atoms with van der Waals surface area (Å²) in [6.45, 7) is 1.87. The second kappa shape index (κ2) is 7.98. The number of aryl methyl sites for hydroxylation is 2. The number of methoxy groups -OCH3 is 1. The summed E-state index contributed by atoms with van der Waals surface area (Å²) >= 11 is 0. The number of anilines is 2. The molecule has 7 nitrogen and oxygen atoms in total. The molecule has 0 saturated heterocycles. The van der Waals surface area contributed by atoms with E-state index in [0.717, 1.165) is 17.4 Å². The number of nitrogens with one attached hydrogen (secondary N) is 1. The summed E-state index contributed by atoms with van der Waals surface area (Å²) in [6.07, 6.45) is -1.08. The third-order valence-electron chi connectivity index (χ3n) is 4.73. The fourth-order valence-corrected chi connectivity index (χ4v) is 3.12. The molecule has 0 bridgehead atoms. The number of benzene rings is 2. The van der Waals surface area contributed by atoms with Gasteiger partial charge in [0.15, 0.2) is 5.82 Å². The molecule has 0 fully saturated rings. The Bertz CT molecular complexity index is 1280. The van der Waals surface area contributed by atoms with Gasteiger partial charge in [-0.15, -0.1) is 5.10 Å². The van der Waals surface area contributed by atoms with Crippen molar-refractivity contribution in [3.05, 3.63) is 66.0 Å². The van der Waals surface area contributed by atoms with Crippen molar-refractivity contribution in [2.45, 2.75) is 13.1 Å². The Hall–Kier alpha value is -3.89. The van der Waals surface area contributed by atoms with Crippen LogP contribution >= 0.6 is 0 Å². The van der Waals surface area contributed by atoms with Crippen molar-refractivity contribution < 1.29 is 22.3 Å². The van der Waals surface area contributed by atoms with Crippen molar-refractivity contribution >= 4 is 11.6 Å². The van der Waals surface area contributed by atoms with Gasteiger partial charge in [0.25, 0.3) is 0 Å². The van der Waals surface area contributed by atoms with Crippen LogP contribution < -0.4 is 10.1 Å². The summed E-state index contributed by atoms with van der Waals surface area (Å²) in [5, 5.41) is 6.87. The number of alkyl halides is 3. The third kappa shape index (κ3) is 4.13. The minimum Gasteiger partial charge on any atom is -0.495 e. The van der Waals surface area contributed by atoms with E-state index in [9.17, 15) is 17.6 Å². The highest BCUT2D eigenvalue weighted by Crippen LogP contribution is 2.33. The molecule has 0 saturated carbocycles. The maximum Gasteiger partial charge on any atom is 0.416 e. The molecule has 0 aliphatic heterocycles. The molecule has 0 atom stereocenters. The van der Waals surface area contributed by atoms with Crippen LogP contribution in [0.25, 0.3) is 17.1 Å². The highest BCUT2D eigenvalue weighted by molar-refractivity contribution is 5.65. The average molecular weight is 446 g/mol. The average Bonchev–Trinajstić information content (AvgIpc) is 3.34. The Morgan fingerprint density at radius 1 is 1.09 bits per heavy atom. The van der Waals surface area contributed by atoms with Gasteiger partial charge in [-0.3, -0.25) is 0 Å². The summed E-state index contributed by atoms with van der Waals surface area (Å²) in [5.74, 6) is 0.0653. The summed E-state index contributed by atoms with van der Waals surface area (Å²) in [5.41, 5.74) is 0.886. The summed E-state index contributed by atoms with van der Waals surface area (Å²) in [4.78, 5) is 8.51. The predicted molar refractivity (Wildman–Crippen MR) is 110 cm³/mol. The predicted octanol–water partition coefficient (Wildman–Crippen LogP) is 4.89. The van der Waals surface area contributed by atoms with Crippen LogP contribution in [-0.2, 0) is 13.2 Å². The van der Waals surface area contributed by atoms with Crippen LogP contribution in [0.1, 0.15) is 11.3 Å². The molecule has 2 heterocycles. The smallest absolute Gasteiger partial charge is 0.416 e. The lowest BCUT2D eigenvalue weighted by Gasteiger charge is -2.11. The molecule has 0 aliphatic rings. The maximum absolute atomic E-state index is 14.1. The molecule has 4 aromatic rings. The van der Waals surface area contributed by atoms with Gasteiger partial charge < -0.3 is 14.6 Å². The molecule has 4 rings (SSSR count). The van der Waals surface area contributed by atoms with Crippen LogP contribution in [0.2, 0.25) is 0 Å². The molecule has 32 heavy (non-hydrogen) atoms. The van der Waals surface area contributed by atoms with E-state index in [1.54, 1.807) is 25.5 Å². The van der Waals surface area contributed by atoms with E-state index in [-0.39, 0.29) is 17.5 Å². The molecule has 11 heteroatoms. The summed E-state index contributed by atoms with van der Waals surface area (Å²) < 4.78 is 61.6. The molecule has 0 aliphatic carbocycles. The lowest BCUT2D eigenvalue weighted by molar-refractivity contribution is -0.137. The van der Waals surface area contributed by atoms with Crippen molar-refractivity contribution in [3.63, 3.8) is 0 Å². The van der Waals surface area contributed by atoms with Crippen LogP contribution in [-0.4, -0.2) is 31.4 Å². The van der Waals surface area contributed by atoms with E-state index in [1.165, 1.54) is 11.8 Å². The Kier molecular flexibility index (Phi) is 5.33. The Labute approximate surface area is 180 Å². The number of hydrogen-bond acceptors (Lipinski definition) is 5. The topological polar surface area (TPSA) is 69.8 Å². The van der Waals surface area contributed by atoms with E-state index in [2.05, 4.69) is 20.4 Å². The van der Waals surface area contributed by atoms with Crippen LogP contribution in [0.15, 0.2) is 48.9 Å².